The van der Waals surface area contributed by atoms with Crippen LogP contribution in [0.2, 0.25) is 0 Å². The minimum Gasteiger partial charge on any atom is -0.227 e. The second-order valence-corrected chi connectivity index (χ2v) is 8.67. The maximum atomic E-state index is 5.19. The Kier molecular flexibility index (Phi) is 4.18. The summed E-state index contributed by atoms with van der Waals surface area (Å²) in [6.45, 7) is 0. The summed E-state index contributed by atoms with van der Waals surface area (Å²) < 4.78 is 0. The van der Waals surface area contributed by atoms with Gasteiger partial charge in [-0.05, 0) is 39.1 Å². The van der Waals surface area contributed by atoms with E-state index in [0.717, 1.165) is 44.3 Å². The lowest BCUT2D eigenvalue weighted by Gasteiger charge is -2.13. The van der Waals surface area contributed by atoms with Crippen LogP contribution in [-0.2, 0) is 0 Å². The van der Waals surface area contributed by atoms with E-state index in [9.17, 15) is 0 Å². The molecule has 0 saturated carbocycles. The summed E-state index contributed by atoms with van der Waals surface area (Å²) in [6.07, 6.45) is 0. The van der Waals surface area contributed by atoms with Crippen molar-refractivity contribution in [3.05, 3.63) is 121 Å². The first kappa shape index (κ1) is 19.0. The molecule has 0 amide bonds. The van der Waals surface area contributed by atoms with E-state index < -0.39 is 0 Å². The highest BCUT2D eigenvalue weighted by molar-refractivity contribution is 6.10. The average Bonchev–Trinajstić information content (AvgIpc) is 2.91. The van der Waals surface area contributed by atoms with Gasteiger partial charge in [0.25, 0.3) is 0 Å². The Balaban J connectivity index is 1.60. The lowest BCUT2D eigenvalue weighted by Crippen LogP contribution is -1.96. The zero-order valence-corrected chi connectivity index (χ0v) is 18.4. The van der Waals surface area contributed by atoms with Crippen molar-refractivity contribution in [3.63, 3.8) is 0 Å². The molecule has 7 rings (SSSR count). The molecule has 0 atom stereocenters. The van der Waals surface area contributed by atoms with E-state index in [0.29, 0.717) is 0 Å². The minimum absolute atomic E-state index is 0.754. The van der Waals surface area contributed by atoms with Gasteiger partial charge in [-0.15, -0.1) is 0 Å². The number of benzene rings is 6. The summed E-state index contributed by atoms with van der Waals surface area (Å²) in [5.41, 5.74) is 4.10. The standard InChI is InChI=1S/C32H20N2/c1-2-11-24-20-25(17-16-21(24)8-1)30-29-19-18-23-10-4-6-14-27(23)31(29)34-32(33-30)28-15-7-12-22-9-3-5-13-26(22)28/h1-20H. The van der Waals surface area contributed by atoms with Gasteiger partial charge >= 0.3 is 0 Å². The second-order valence-electron chi connectivity index (χ2n) is 8.67. The van der Waals surface area contributed by atoms with Crippen molar-refractivity contribution in [2.45, 2.75) is 0 Å². The van der Waals surface area contributed by atoms with Crippen LogP contribution in [-0.4, -0.2) is 9.97 Å². The molecule has 0 aliphatic carbocycles. The predicted octanol–water partition coefficient (Wildman–Crippen LogP) is 8.42. The van der Waals surface area contributed by atoms with Crippen molar-refractivity contribution in [3.8, 4) is 22.6 Å². The van der Waals surface area contributed by atoms with Gasteiger partial charge in [-0.2, -0.15) is 0 Å². The van der Waals surface area contributed by atoms with E-state index in [-0.39, 0.29) is 0 Å². The van der Waals surface area contributed by atoms with E-state index >= 15 is 0 Å². The van der Waals surface area contributed by atoms with Gasteiger partial charge in [-0.3, -0.25) is 0 Å². The molecule has 0 bridgehead atoms. The summed E-state index contributed by atoms with van der Waals surface area (Å²) in [4.78, 5) is 10.4. The third kappa shape index (κ3) is 2.96. The summed E-state index contributed by atoms with van der Waals surface area (Å²) in [5, 5.41) is 8.18. The highest BCUT2D eigenvalue weighted by Crippen LogP contribution is 2.35. The number of aromatic nitrogens is 2. The number of fused-ring (bicyclic) bond motifs is 5. The van der Waals surface area contributed by atoms with Crippen LogP contribution >= 0.6 is 0 Å². The molecule has 0 unspecified atom stereocenters. The van der Waals surface area contributed by atoms with Crippen LogP contribution in [0.5, 0.6) is 0 Å². The molecule has 34 heavy (non-hydrogen) atoms. The lowest BCUT2D eigenvalue weighted by atomic mass is 9.98. The van der Waals surface area contributed by atoms with Crippen LogP contribution in [0.1, 0.15) is 0 Å². The van der Waals surface area contributed by atoms with E-state index in [1.54, 1.807) is 0 Å². The Bertz CT molecular complexity index is 1860. The van der Waals surface area contributed by atoms with Gasteiger partial charge in [0.2, 0.25) is 0 Å². The molecular weight excluding hydrogens is 412 g/mol. The molecule has 2 heteroatoms. The monoisotopic (exact) mass is 432 g/mol. The summed E-state index contributed by atoms with van der Waals surface area (Å²) >= 11 is 0. The van der Waals surface area contributed by atoms with Gasteiger partial charge in [-0.1, -0.05) is 109 Å². The number of nitrogens with zero attached hydrogens (tertiary/aromatic N) is 2. The maximum Gasteiger partial charge on any atom is 0.161 e. The van der Waals surface area contributed by atoms with Crippen LogP contribution in [0.15, 0.2) is 121 Å². The number of hydrogen-bond donors (Lipinski definition) is 0. The summed E-state index contributed by atoms with van der Waals surface area (Å²) in [6, 6.07) is 42.6. The molecule has 6 aromatic carbocycles. The fourth-order valence-corrected chi connectivity index (χ4v) is 4.96. The molecule has 158 valence electrons. The SMILES string of the molecule is c1ccc2cc(-c3nc(-c4cccc5ccccc45)nc4c3ccc3ccccc34)ccc2c1. The Hall–Kier alpha value is -4.56. The van der Waals surface area contributed by atoms with Crippen LogP contribution in [0.25, 0.3) is 65.9 Å². The summed E-state index contributed by atoms with van der Waals surface area (Å²) in [5.74, 6) is 0.754. The topological polar surface area (TPSA) is 25.8 Å². The fourth-order valence-electron chi connectivity index (χ4n) is 4.96. The number of rotatable bonds is 2. The Morgan fingerprint density at radius 1 is 0.412 bits per heavy atom. The second kappa shape index (κ2) is 7.50. The van der Waals surface area contributed by atoms with E-state index in [1.807, 2.05) is 0 Å². The quantitative estimate of drug-likeness (QED) is 0.256. The van der Waals surface area contributed by atoms with Gasteiger partial charge in [0.05, 0.1) is 11.2 Å². The minimum atomic E-state index is 0.754. The molecule has 1 heterocycles. The third-order valence-electron chi connectivity index (χ3n) is 6.64. The Labute approximate surface area is 197 Å². The van der Waals surface area contributed by atoms with Crippen molar-refractivity contribution >= 4 is 43.2 Å². The van der Waals surface area contributed by atoms with Gasteiger partial charge in [-0.25, -0.2) is 9.97 Å². The maximum absolute atomic E-state index is 5.19. The molecule has 7 aromatic rings. The number of hydrogen-bond acceptors (Lipinski definition) is 2. The van der Waals surface area contributed by atoms with Crippen molar-refractivity contribution < 1.29 is 0 Å². The molecule has 0 saturated heterocycles. The van der Waals surface area contributed by atoms with Gasteiger partial charge < -0.3 is 0 Å². The average molecular weight is 433 g/mol. The van der Waals surface area contributed by atoms with Gasteiger partial charge in [0.1, 0.15) is 0 Å². The van der Waals surface area contributed by atoms with E-state index in [4.69, 9.17) is 9.97 Å². The Morgan fingerprint density at radius 3 is 1.91 bits per heavy atom. The fraction of sp³-hybridized carbons (Fsp3) is 0. The first-order chi connectivity index (χ1) is 16.8. The molecule has 0 radical (unpaired) electrons. The highest BCUT2D eigenvalue weighted by atomic mass is 14.9. The van der Waals surface area contributed by atoms with E-state index in [1.165, 1.54) is 21.5 Å². The molecule has 0 spiro atoms. The van der Waals surface area contributed by atoms with Crippen molar-refractivity contribution in [1.82, 2.24) is 9.97 Å². The van der Waals surface area contributed by atoms with Crippen molar-refractivity contribution in [1.29, 1.82) is 0 Å². The van der Waals surface area contributed by atoms with Crippen LogP contribution in [0, 0.1) is 0 Å². The zero-order chi connectivity index (χ0) is 22.5. The van der Waals surface area contributed by atoms with Crippen molar-refractivity contribution in [2.24, 2.45) is 0 Å². The van der Waals surface area contributed by atoms with Gasteiger partial charge in [0.15, 0.2) is 5.82 Å². The predicted molar refractivity (Wildman–Crippen MR) is 143 cm³/mol. The van der Waals surface area contributed by atoms with E-state index in [2.05, 4.69) is 121 Å². The molecule has 0 N–H and O–H groups in total. The first-order valence-corrected chi connectivity index (χ1v) is 11.5. The third-order valence-corrected chi connectivity index (χ3v) is 6.64. The molecular formula is C32H20N2. The molecule has 2 nitrogen and oxygen atoms in total. The van der Waals surface area contributed by atoms with Gasteiger partial charge in [0, 0.05) is 21.9 Å². The smallest absolute Gasteiger partial charge is 0.161 e. The molecule has 1 aromatic heterocycles. The summed E-state index contributed by atoms with van der Waals surface area (Å²) in [7, 11) is 0. The molecule has 0 aliphatic rings. The largest absolute Gasteiger partial charge is 0.227 e. The zero-order valence-electron chi connectivity index (χ0n) is 18.4. The van der Waals surface area contributed by atoms with Crippen LogP contribution in [0.4, 0.5) is 0 Å². The molecule has 0 fully saturated rings. The normalized spacial score (nSPS) is 11.5. The van der Waals surface area contributed by atoms with Crippen LogP contribution in [0.3, 0.4) is 0 Å². The Morgan fingerprint density at radius 2 is 1.06 bits per heavy atom. The first-order valence-electron chi connectivity index (χ1n) is 11.5. The highest BCUT2D eigenvalue weighted by Gasteiger charge is 2.15. The molecule has 0 aliphatic heterocycles. The van der Waals surface area contributed by atoms with Crippen LogP contribution < -0.4 is 0 Å². The lowest BCUT2D eigenvalue weighted by molar-refractivity contribution is 1.24. The van der Waals surface area contributed by atoms with Crippen molar-refractivity contribution in [2.75, 3.05) is 0 Å².